The number of hydrogen-bond donors (Lipinski definition) is 1. The van der Waals surface area contributed by atoms with E-state index in [9.17, 15) is 9.90 Å². The Balaban J connectivity index is 1.75. The average molecular weight is 266 g/mol. The molecule has 2 saturated carbocycles. The first-order valence-electron chi connectivity index (χ1n) is 7.52. The molecule has 0 bridgehead atoms. The zero-order valence-electron chi connectivity index (χ0n) is 11.7. The van der Waals surface area contributed by atoms with E-state index >= 15 is 0 Å². The molecule has 4 rings (SSSR count). The van der Waals surface area contributed by atoms with Gasteiger partial charge in [-0.1, -0.05) is 26.2 Å². The SMILES string of the molecule is CC1(C2C(C)(C(=O)O)CCC34OC23O4)CCCCC1. The van der Waals surface area contributed by atoms with Crippen LogP contribution in [0.15, 0.2) is 0 Å². The molecule has 1 N–H and O–H groups in total. The molecule has 2 aliphatic carbocycles. The number of aliphatic carboxylic acids is 1. The van der Waals surface area contributed by atoms with Crippen LogP contribution < -0.4 is 0 Å². The molecule has 0 aromatic rings. The number of carboxylic acid groups (broad SMARTS) is 1. The van der Waals surface area contributed by atoms with Crippen molar-refractivity contribution in [2.45, 2.75) is 70.4 Å². The number of carbonyl (C=O) groups is 1. The van der Waals surface area contributed by atoms with Crippen molar-refractivity contribution in [3.63, 3.8) is 0 Å². The Kier molecular flexibility index (Phi) is 2.03. The molecule has 2 unspecified atom stereocenters. The van der Waals surface area contributed by atoms with Crippen molar-refractivity contribution in [2.75, 3.05) is 0 Å². The Morgan fingerprint density at radius 1 is 1.05 bits per heavy atom. The van der Waals surface area contributed by atoms with Crippen LogP contribution in [-0.4, -0.2) is 22.7 Å². The van der Waals surface area contributed by atoms with Crippen LogP contribution in [0.4, 0.5) is 0 Å². The predicted molar refractivity (Wildman–Crippen MR) is 67.3 cm³/mol. The van der Waals surface area contributed by atoms with E-state index in [4.69, 9.17) is 9.47 Å². The first kappa shape index (κ1) is 12.2. The van der Waals surface area contributed by atoms with Gasteiger partial charge in [0.25, 0.3) is 0 Å². The Labute approximate surface area is 113 Å². The highest BCUT2D eigenvalue weighted by Gasteiger charge is 2.97. The topological polar surface area (TPSA) is 62.4 Å². The highest BCUT2D eigenvalue weighted by molar-refractivity contribution is 5.76. The highest BCUT2D eigenvalue weighted by Crippen LogP contribution is 2.82. The lowest BCUT2D eigenvalue weighted by Gasteiger charge is -2.48. The van der Waals surface area contributed by atoms with Crippen LogP contribution in [0.5, 0.6) is 0 Å². The summed E-state index contributed by atoms with van der Waals surface area (Å²) < 4.78 is 11.7. The van der Waals surface area contributed by atoms with Gasteiger partial charge in [-0.15, -0.1) is 0 Å². The van der Waals surface area contributed by atoms with Crippen molar-refractivity contribution in [1.29, 1.82) is 0 Å². The van der Waals surface area contributed by atoms with E-state index in [1.807, 2.05) is 6.92 Å². The molecule has 4 nitrogen and oxygen atoms in total. The van der Waals surface area contributed by atoms with Gasteiger partial charge >= 0.3 is 5.97 Å². The second kappa shape index (κ2) is 3.17. The van der Waals surface area contributed by atoms with Gasteiger partial charge in [0.05, 0.1) is 5.41 Å². The maximum absolute atomic E-state index is 11.9. The third kappa shape index (κ3) is 1.25. The average Bonchev–Trinajstić information content (AvgIpc) is 3.15. The maximum Gasteiger partial charge on any atom is 0.309 e. The normalized spacial score (nSPS) is 53.9. The summed E-state index contributed by atoms with van der Waals surface area (Å²) >= 11 is 0. The third-order valence-corrected chi connectivity index (χ3v) is 6.25. The summed E-state index contributed by atoms with van der Waals surface area (Å²) in [5.74, 6) is -1.60. The molecule has 4 heteroatoms. The van der Waals surface area contributed by atoms with Gasteiger partial charge in [0.2, 0.25) is 11.6 Å². The number of ether oxygens (including phenoxy) is 2. The maximum atomic E-state index is 11.9. The Morgan fingerprint density at radius 3 is 2.26 bits per heavy atom. The third-order valence-electron chi connectivity index (χ3n) is 6.25. The van der Waals surface area contributed by atoms with E-state index in [2.05, 4.69) is 6.92 Å². The van der Waals surface area contributed by atoms with Gasteiger partial charge in [-0.25, -0.2) is 0 Å². The van der Waals surface area contributed by atoms with Crippen LogP contribution in [0, 0.1) is 16.7 Å². The number of rotatable bonds is 2. The van der Waals surface area contributed by atoms with Crippen LogP contribution in [0.25, 0.3) is 0 Å². The Hall–Kier alpha value is -0.610. The Morgan fingerprint density at radius 2 is 1.68 bits per heavy atom. The van der Waals surface area contributed by atoms with Gasteiger partial charge in [-0.3, -0.25) is 4.79 Å². The van der Waals surface area contributed by atoms with Crippen molar-refractivity contribution < 1.29 is 19.4 Å². The molecule has 4 aliphatic rings. The monoisotopic (exact) mass is 266 g/mol. The lowest BCUT2D eigenvalue weighted by atomic mass is 9.53. The van der Waals surface area contributed by atoms with Gasteiger partial charge in [-0.2, -0.15) is 0 Å². The standard InChI is InChI=1S/C15H22O4/c1-12(6-4-3-5-7-12)10-13(2,11(16)17)8-9-14-15(10,18-14)19-14/h10H,3-9H2,1-2H3,(H,16,17). The second-order valence-electron chi connectivity index (χ2n) is 7.49. The fraction of sp³-hybridized carbons (Fsp3) is 0.933. The van der Waals surface area contributed by atoms with Crippen LogP contribution in [0.2, 0.25) is 0 Å². The Bertz CT molecular complexity index is 445. The molecule has 19 heavy (non-hydrogen) atoms. The van der Waals surface area contributed by atoms with Crippen molar-refractivity contribution in [3.05, 3.63) is 0 Å². The minimum Gasteiger partial charge on any atom is -0.481 e. The van der Waals surface area contributed by atoms with E-state index in [0.717, 1.165) is 19.3 Å². The lowest BCUT2D eigenvalue weighted by Crippen LogP contribution is -2.51. The summed E-state index contributed by atoms with van der Waals surface area (Å²) in [6, 6.07) is 0. The molecule has 2 heterocycles. The zero-order valence-corrected chi connectivity index (χ0v) is 11.7. The molecule has 2 saturated heterocycles. The molecule has 0 radical (unpaired) electrons. The number of carboxylic acids is 1. The van der Waals surface area contributed by atoms with E-state index in [1.165, 1.54) is 19.3 Å². The first-order valence-corrected chi connectivity index (χ1v) is 7.52. The van der Waals surface area contributed by atoms with Gasteiger partial charge in [0.15, 0.2) is 0 Å². The molecule has 0 spiro atoms. The van der Waals surface area contributed by atoms with E-state index < -0.39 is 17.2 Å². The molecule has 106 valence electrons. The molecular formula is C15H22O4. The van der Waals surface area contributed by atoms with Gasteiger partial charge in [0, 0.05) is 12.3 Å². The molecule has 0 aromatic carbocycles. The van der Waals surface area contributed by atoms with Gasteiger partial charge in [0.1, 0.15) is 0 Å². The van der Waals surface area contributed by atoms with Gasteiger partial charge in [-0.05, 0) is 31.6 Å². The number of epoxide rings is 2. The summed E-state index contributed by atoms with van der Waals surface area (Å²) in [6.45, 7) is 4.16. The van der Waals surface area contributed by atoms with Crippen LogP contribution in [-0.2, 0) is 14.3 Å². The fourth-order valence-electron chi connectivity index (χ4n) is 5.15. The van der Waals surface area contributed by atoms with Gasteiger partial charge < -0.3 is 14.6 Å². The van der Waals surface area contributed by atoms with E-state index in [0.29, 0.717) is 6.42 Å². The molecule has 2 aliphatic heterocycles. The quantitative estimate of drug-likeness (QED) is 0.781. The number of hydrogen-bond acceptors (Lipinski definition) is 3. The summed E-state index contributed by atoms with van der Waals surface area (Å²) in [5.41, 5.74) is -0.660. The fourth-order valence-corrected chi connectivity index (χ4v) is 5.15. The summed E-state index contributed by atoms with van der Waals surface area (Å²) in [4.78, 5) is 11.9. The summed E-state index contributed by atoms with van der Waals surface area (Å²) in [7, 11) is 0. The van der Waals surface area contributed by atoms with Crippen molar-refractivity contribution >= 4 is 5.97 Å². The second-order valence-corrected chi connectivity index (χ2v) is 7.49. The molecule has 0 amide bonds. The van der Waals surface area contributed by atoms with E-state index in [1.54, 1.807) is 0 Å². The van der Waals surface area contributed by atoms with Crippen molar-refractivity contribution in [2.24, 2.45) is 16.7 Å². The molecule has 2 atom stereocenters. The van der Waals surface area contributed by atoms with Crippen LogP contribution in [0.1, 0.15) is 58.8 Å². The van der Waals surface area contributed by atoms with Crippen molar-refractivity contribution in [1.82, 2.24) is 0 Å². The zero-order chi connectivity index (χ0) is 13.5. The smallest absolute Gasteiger partial charge is 0.309 e. The highest BCUT2D eigenvalue weighted by atomic mass is 17.0. The lowest BCUT2D eigenvalue weighted by molar-refractivity contribution is -0.175. The van der Waals surface area contributed by atoms with Crippen LogP contribution >= 0.6 is 0 Å². The molecule has 0 aromatic heterocycles. The summed E-state index contributed by atoms with van der Waals surface area (Å²) in [5, 5.41) is 9.77. The van der Waals surface area contributed by atoms with Crippen LogP contribution in [0.3, 0.4) is 0 Å². The first-order chi connectivity index (χ1) is 8.89. The summed E-state index contributed by atoms with van der Waals surface area (Å²) in [6.07, 6.45) is 7.28. The minimum absolute atomic E-state index is 0.000880. The molecule has 4 fully saturated rings. The molecular weight excluding hydrogens is 244 g/mol. The van der Waals surface area contributed by atoms with E-state index in [-0.39, 0.29) is 17.1 Å². The predicted octanol–water partition coefficient (Wildman–Crippen LogP) is 2.91. The largest absolute Gasteiger partial charge is 0.481 e. The minimum atomic E-state index is -0.706. The van der Waals surface area contributed by atoms with Crippen molar-refractivity contribution in [3.8, 4) is 0 Å².